The Morgan fingerprint density at radius 1 is 0.313 bits per heavy atom. The molecule has 6 heteroatoms. The summed E-state index contributed by atoms with van der Waals surface area (Å²) in [5, 5.41) is 0. The third-order valence-corrected chi connectivity index (χ3v) is 10.6. The van der Waals surface area contributed by atoms with Crippen LogP contribution in [0.15, 0.2) is 134 Å². The van der Waals surface area contributed by atoms with Gasteiger partial charge in [0.05, 0.1) is 0 Å². The van der Waals surface area contributed by atoms with E-state index in [-0.39, 0.29) is 37.5 Å². The van der Waals surface area contributed by atoms with Gasteiger partial charge in [0.1, 0.15) is 13.2 Å². The minimum Gasteiger partial charge on any atom is -0.462 e. The Bertz CT molecular complexity index is 1400. The highest BCUT2D eigenvalue weighted by Crippen LogP contribution is 2.12. The van der Waals surface area contributed by atoms with Gasteiger partial charge in [-0.3, -0.25) is 14.4 Å². The van der Waals surface area contributed by atoms with E-state index in [9.17, 15) is 14.4 Å². The Hall–Kier alpha value is -4.45. The van der Waals surface area contributed by atoms with E-state index in [0.717, 1.165) is 141 Å². The van der Waals surface area contributed by atoms with Crippen molar-refractivity contribution in [3.8, 4) is 0 Å². The molecule has 0 rings (SSSR count). The molecule has 0 saturated carbocycles. The van der Waals surface area contributed by atoms with Crippen LogP contribution in [0, 0.1) is 0 Å². The first-order chi connectivity index (χ1) is 33.0. The summed E-state index contributed by atoms with van der Waals surface area (Å²) < 4.78 is 16.8. The fraction of sp³-hybridized carbons (Fsp3) is 0.590. The lowest BCUT2D eigenvalue weighted by atomic mass is 10.1. The molecule has 0 saturated heterocycles. The molecule has 0 unspecified atom stereocenters. The van der Waals surface area contributed by atoms with E-state index < -0.39 is 6.10 Å². The molecular formula is C61H96O6. The van der Waals surface area contributed by atoms with E-state index in [1.807, 2.05) is 0 Å². The van der Waals surface area contributed by atoms with Gasteiger partial charge in [-0.15, -0.1) is 0 Å². The van der Waals surface area contributed by atoms with Gasteiger partial charge >= 0.3 is 17.9 Å². The Balaban J connectivity index is 4.56. The first-order valence-electron chi connectivity index (χ1n) is 26.7. The maximum atomic E-state index is 12.8. The van der Waals surface area contributed by atoms with E-state index >= 15 is 0 Å². The normalized spacial score (nSPS) is 12.8. The SMILES string of the molecule is CC/C=C\C/C=C\C/C=C\C/C=C\CCCCCCC(=O)OCC(COC(=O)CCCCCC/C=C\C/C=C\C/C=C\C/C=C\CC)OC(=O)CCCC/C=C\C/C=C\C/C=C\CCCCC. The standard InChI is InChI=1S/C61H96O6/c1-4-7-10-13-16-19-22-25-28-30-33-35-38-41-44-47-50-53-59(62)65-56-58(67-61(64)55-52-49-46-43-40-37-32-27-24-21-18-15-12-9-6-3)57-66-60(63)54-51-48-45-42-39-36-34-31-29-26-23-20-17-14-11-8-5-2/h7-8,10-11,16-21,25-29,32-36,40,43,58H,4-6,9,12-15,22-24,30-31,37-39,41-42,44-57H2,1-3H3/b10-7-,11-8-,19-16-,20-17-,21-18-,28-25-,29-26-,32-27-,35-33-,36-34-,43-40-. The second-order valence-electron chi connectivity index (χ2n) is 17.0. The van der Waals surface area contributed by atoms with E-state index in [4.69, 9.17) is 14.2 Å². The number of hydrogen-bond donors (Lipinski definition) is 0. The van der Waals surface area contributed by atoms with Crippen LogP contribution in [0.25, 0.3) is 0 Å². The second-order valence-corrected chi connectivity index (χ2v) is 17.0. The second kappa shape index (κ2) is 54.2. The molecule has 0 fully saturated rings. The largest absolute Gasteiger partial charge is 0.462 e. The third kappa shape index (κ3) is 52.4. The van der Waals surface area contributed by atoms with Crippen LogP contribution >= 0.6 is 0 Å². The molecule has 0 aliphatic heterocycles. The van der Waals surface area contributed by atoms with Crippen molar-refractivity contribution in [2.24, 2.45) is 0 Å². The zero-order chi connectivity index (χ0) is 48.6. The van der Waals surface area contributed by atoms with Crippen molar-refractivity contribution < 1.29 is 28.6 Å². The summed E-state index contributed by atoms with van der Waals surface area (Å²) in [6, 6.07) is 0. The Kier molecular flexibility index (Phi) is 50.6. The number of ether oxygens (including phenoxy) is 3. The Labute approximate surface area is 411 Å². The van der Waals surface area contributed by atoms with Gasteiger partial charge < -0.3 is 14.2 Å². The summed E-state index contributed by atoms with van der Waals surface area (Å²) in [4.78, 5) is 38.1. The van der Waals surface area contributed by atoms with Crippen molar-refractivity contribution in [1.29, 1.82) is 0 Å². The number of unbranched alkanes of at least 4 members (excludes halogenated alkanes) is 13. The van der Waals surface area contributed by atoms with Crippen molar-refractivity contribution in [1.82, 2.24) is 0 Å². The molecule has 0 aliphatic rings. The molecular weight excluding hydrogens is 829 g/mol. The molecule has 0 aromatic rings. The average molecular weight is 925 g/mol. The highest BCUT2D eigenvalue weighted by molar-refractivity contribution is 5.71. The minimum atomic E-state index is -0.824. The van der Waals surface area contributed by atoms with E-state index in [2.05, 4.69) is 154 Å². The van der Waals surface area contributed by atoms with Crippen LogP contribution in [0.1, 0.15) is 213 Å². The smallest absolute Gasteiger partial charge is 0.306 e. The fourth-order valence-electron chi connectivity index (χ4n) is 6.66. The van der Waals surface area contributed by atoms with Gasteiger partial charge in [0.25, 0.3) is 0 Å². The zero-order valence-electron chi connectivity index (χ0n) is 42.9. The lowest BCUT2D eigenvalue weighted by molar-refractivity contribution is -0.167. The number of carbonyl (C=O) groups excluding carboxylic acids is 3. The van der Waals surface area contributed by atoms with Crippen molar-refractivity contribution in [2.45, 2.75) is 219 Å². The van der Waals surface area contributed by atoms with Crippen molar-refractivity contribution in [3.63, 3.8) is 0 Å². The maximum absolute atomic E-state index is 12.8. The lowest BCUT2D eigenvalue weighted by Gasteiger charge is -2.18. The zero-order valence-corrected chi connectivity index (χ0v) is 42.9. The predicted molar refractivity (Wildman–Crippen MR) is 288 cm³/mol. The van der Waals surface area contributed by atoms with Gasteiger partial charge in [-0.1, -0.05) is 193 Å². The highest BCUT2D eigenvalue weighted by atomic mass is 16.6. The number of hydrogen-bond acceptors (Lipinski definition) is 6. The van der Waals surface area contributed by atoms with Crippen molar-refractivity contribution in [2.75, 3.05) is 13.2 Å². The molecule has 0 radical (unpaired) electrons. The number of allylic oxidation sites excluding steroid dienone is 22. The summed E-state index contributed by atoms with van der Waals surface area (Å²) in [6.07, 6.45) is 75.7. The number of esters is 3. The van der Waals surface area contributed by atoms with Crippen LogP contribution in [0.2, 0.25) is 0 Å². The van der Waals surface area contributed by atoms with Gasteiger partial charge in [0.15, 0.2) is 6.10 Å². The monoisotopic (exact) mass is 925 g/mol. The summed E-state index contributed by atoms with van der Waals surface area (Å²) in [5.74, 6) is -1.01. The average Bonchev–Trinajstić information content (AvgIpc) is 3.33. The molecule has 6 nitrogen and oxygen atoms in total. The molecule has 0 N–H and O–H groups in total. The van der Waals surface area contributed by atoms with Crippen LogP contribution in [0.4, 0.5) is 0 Å². The summed E-state index contributed by atoms with van der Waals surface area (Å²) in [7, 11) is 0. The molecule has 376 valence electrons. The van der Waals surface area contributed by atoms with Gasteiger partial charge in [0, 0.05) is 19.3 Å². The first kappa shape index (κ1) is 62.5. The van der Waals surface area contributed by atoms with Crippen LogP contribution in [0.5, 0.6) is 0 Å². The van der Waals surface area contributed by atoms with Gasteiger partial charge in [-0.2, -0.15) is 0 Å². The van der Waals surface area contributed by atoms with Crippen molar-refractivity contribution >= 4 is 17.9 Å². The van der Waals surface area contributed by atoms with Crippen LogP contribution in [-0.2, 0) is 28.6 Å². The topological polar surface area (TPSA) is 78.9 Å². The van der Waals surface area contributed by atoms with Gasteiger partial charge in [0.2, 0.25) is 0 Å². The van der Waals surface area contributed by atoms with E-state index in [1.165, 1.54) is 25.7 Å². The summed E-state index contributed by atoms with van der Waals surface area (Å²) >= 11 is 0. The quantitative estimate of drug-likeness (QED) is 0.0262. The first-order valence-corrected chi connectivity index (χ1v) is 26.7. The molecule has 0 spiro atoms. The van der Waals surface area contributed by atoms with Gasteiger partial charge in [-0.05, 0) is 135 Å². The lowest BCUT2D eigenvalue weighted by Crippen LogP contribution is -2.30. The Morgan fingerprint density at radius 3 is 0.925 bits per heavy atom. The molecule has 0 aliphatic carbocycles. The van der Waals surface area contributed by atoms with Crippen LogP contribution < -0.4 is 0 Å². The van der Waals surface area contributed by atoms with Crippen molar-refractivity contribution in [3.05, 3.63) is 134 Å². The van der Waals surface area contributed by atoms with Gasteiger partial charge in [-0.25, -0.2) is 0 Å². The third-order valence-electron chi connectivity index (χ3n) is 10.6. The minimum absolute atomic E-state index is 0.119. The fourth-order valence-corrected chi connectivity index (χ4v) is 6.66. The molecule has 0 bridgehead atoms. The molecule has 0 heterocycles. The van der Waals surface area contributed by atoms with E-state index in [1.54, 1.807) is 0 Å². The number of rotatable bonds is 46. The number of carbonyl (C=O) groups is 3. The molecule has 0 atom stereocenters. The van der Waals surface area contributed by atoms with Crippen LogP contribution in [-0.4, -0.2) is 37.2 Å². The molecule has 0 amide bonds. The maximum Gasteiger partial charge on any atom is 0.306 e. The van der Waals surface area contributed by atoms with Crippen LogP contribution in [0.3, 0.4) is 0 Å². The highest BCUT2D eigenvalue weighted by Gasteiger charge is 2.19. The molecule has 0 aromatic heterocycles. The Morgan fingerprint density at radius 2 is 0.582 bits per heavy atom. The molecule has 0 aromatic carbocycles. The van der Waals surface area contributed by atoms with E-state index in [0.29, 0.717) is 19.3 Å². The molecule has 67 heavy (non-hydrogen) atoms. The summed E-state index contributed by atoms with van der Waals surface area (Å²) in [5.41, 5.74) is 0. The summed E-state index contributed by atoms with van der Waals surface area (Å²) in [6.45, 7) is 6.29. The predicted octanol–water partition coefficient (Wildman–Crippen LogP) is 17.9.